The molecule has 0 aliphatic carbocycles. The summed E-state index contributed by atoms with van der Waals surface area (Å²) in [5.74, 6) is 0. The highest BCUT2D eigenvalue weighted by Gasteiger charge is 2.23. The lowest BCUT2D eigenvalue weighted by molar-refractivity contribution is 0.121. The molecule has 0 rings (SSSR count). The van der Waals surface area contributed by atoms with E-state index in [0.29, 0.717) is 0 Å². The van der Waals surface area contributed by atoms with Crippen molar-refractivity contribution in [1.82, 2.24) is 9.91 Å². The van der Waals surface area contributed by atoms with Crippen molar-refractivity contribution in [3.05, 3.63) is 4.91 Å². The van der Waals surface area contributed by atoms with Crippen LogP contribution in [0.3, 0.4) is 0 Å². The lowest BCUT2D eigenvalue weighted by atomic mass is 10.1. The molecule has 0 atom stereocenters. The van der Waals surface area contributed by atoms with Crippen LogP contribution in [0.2, 0.25) is 0 Å². The van der Waals surface area contributed by atoms with Crippen LogP contribution in [0.1, 0.15) is 13.8 Å². The minimum absolute atomic E-state index is 0.189. The van der Waals surface area contributed by atoms with E-state index in [2.05, 4.69) is 5.29 Å². The van der Waals surface area contributed by atoms with Gasteiger partial charge in [0, 0.05) is 13.6 Å². The molecule has 0 aliphatic rings. The molecule has 0 radical (unpaired) electrons. The molecule has 0 aliphatic heterocycles. The zero-order chi connectivity index (χ0) is 9.07. The molecule has 0 amide bonds. The Hall–Kier alpha value is -0.640. The summed E-state index contributed by atoms with van der Waals surface area (Å²) in [5, 5.41) is 4.31. The van der Waals surface area contributed by atoms with Gasteiger partial charge in [0.1, 0.15) is 0 Å². The van der Waals surface area contributed by atoms with Gasteiger partial charge in [-0.25, -0.2) is 0 Å². The summed E-state index contributed by atoms with van der Waals surface area (Å²) in [6.45, 7) is 4.78. The number of likely N-dealkylation sites (N-methyl/N-ethyl adjacent to an activating group) is 2. The molecule has 0 aromatic rings. The third-order valence-corrected chi connectivity index (χ3v) is 1.70. The molecule has 0 fully saturated rings. The number of nitroso groups, excluding NO2 is 1. The lowest BCUT2D eigenvalue weighted by Crippen LogP contribution is -2.45. The van der Waals surface area contributed by atoms with E-state index in [1.165, 1.54) is 5.01 Å². The molecule has 66 valence electrons. The first-order valence-corrected chi connectivity index (χ1v) is 3.62. The second-order valence-electron chi connectivity index (χ2n) is 3.66. The maximum absolute atomic E-state index is 10.2. The first-order chi connectivity index (χ1) is 4.90. The van der Waals surface area contributed by atoms with Gasteiger partial charge in [-0.2, -0.15) is 0 Å². The number of rotatable bonds is 4. The molecule has 4 heteroatoms. The largest absolute Gasteiger partial charge is 0.307 e. The van der Waals surface area contributed by atoms with Crippen LogP contribution in [0.25, 0.3) is 0 Å². The minimum Gasteiger partial charge on any atom is -0.307 e. The minimum atomic E-state index is -0.189. The van der Waals surface area contributed by atoms with Gasteiger partial charge in [0.2, 0.25) is 0 Å². The SMILES string of the molecule is CN(C)CC(C)(C)N(C)N=O. The highest BCUT2D eigenvalue weighted by molar-refractivity contribution is 4.79. The number of nitrogens with zero attached hydrogens (tertiary/aromatic N) is 3. The summed E-state index contributed by atoms with van der Waals surface area (Å²) in [6.07, 6.45) is 0. The van der Waals surface area contributed by atoms with Crippen LogP contribution in [0.15, 0.2) is 5.29 Å². The molecule has 11 heavy (non-hydrogen) atoms. The Morgan fingerprint density at radius 1 is 1.27 bits per heavy atom. The van der Waals surface area contributed by atoms with E-state index >= 15 is 0 Å². The van der Waals surface area contributed by atoms with Gasteiger partial charge in [-0.15, -0.1) is 4.91 Å². The Morgan fingerprint density at radius 3 is 2.00 bits per heavy atom. The molecule has 0 N–H and O–H groups in total. The predicted octanol–water partition coefficient (Wildman–Crippen LogP) is 0.940. The Kier molecular flexibility index (Phi) is 3.45. The summed E-state index contributed by atoms with van der Waals surface area (Å²) in [4.78, 5) is 12.2. The lowest BCUT2D eigenvalue weighted by Gasteiger charge is -2.33. The van der Waals surface area contributed by atoms with E-state index in [0.717, 1.165) is 6.54 Å². The van der Waals surface area contributed by atoms with Crippen molar-refractivity contribution in [2.24, 2.45) is 5.29 Å². The maximum atomic E-state index is 10.2. The second-order valence-corrected chi connectivity index (χ2v) is 3.66. The van der Waals surface area contributed by atoms with Crippen molar-refractivity contribution in [2.75, 3.05) is 27.7 Å². The number of hydrogen-bond acceptors (Lipinski definition) is 3. The van der Waals surface area contributed by atoms with E-state index in [4.69, 9.17) is 0 Å². The third kappa shape index (κ3) is 3.32. The van der Waals surface area contributed by atoms with Crippen LogP contribution < -0.4 is 0 Å². The molecule has 0 aromatic carbocycles. The Labute approximate surface area is 68.1 Å². The fraction of sp³-hybridized carbons (Fsp3) is 1.00. The van der Waals surface area contributed by atoms with Crippen LogP contribution in [-0.4, -0.2) is 43.1 Å². The predicted molar refractivity (Wildman–Crippen MR) is 46.2 cm³/mol. The molecular weight excluding hydrogens is 142 g/mol. The maximum Gasteiger partial charge on any atom is 0.0678 e. The Bertz CT molecular complexity index is 134. The quantitative estimate of drug-likeness (QED) is 0.452. The summed E-state index contributed by atoms with van der Waals surface area (Å²) < 4.78 is 0. The van der Waals surface area contributed by atoms with Gasteiger partial charge < -0.3 is 4.90 Å². The van der Waals surface area contributed by atoms with Crippen LogP contribution >= 0.6 is 0 Å². The molecule has 4 nitrogen and oxygen atoms in total. The molecule has 0 bridgehead atoms. The second kappa shape index (κ2) is 3.67. The fourth-order valence-electron chi connectivity index (χ4n) is 0.987. The molecule has 0 saturated heterocycles. The monoisotopic (exact) mass is 159 g/mol. The molecule has 0 heterocycles. The van der Waals surface area contributed by atoms with E-state index in [1.807, 2.05) is 32.8 Å². The van der Waals surface area contributed by atoms with E-state index in [-0.39, 0.29) is 5.54 Å². The van der Waals surface area contributed by atoms with Gasteiger partial charge in [-0.3, -0.25) is 5.01 Å². The van der Waals surface area contributed by atoms with Crippen LogP contribution in [0.4, 0.5) is 0 Å². The van der Waals surface area contributed by atoms with E-state index < -0.39 is 0 Å². The Morgan fingerprint density at radius 2 is 1.73 bits per heavy atom. The van der Waals surface area contributed by atoms with Gasteiger partial charge in [0.25, 0.3) is 0 Å². The van der Waals surface area contributed by atoms with Gasteiger partial charge >= 0.3 is 0 Å². The van der Waals surface area contributed by atoms with Crippen LogP contribution in [0, 0.1) is 4.91 Å². The van der Waals surface area contributed by atoms with Crippen molar-refractivity contribution < 1.29 is 0 Å². The molecule has 0 spiro atoms. The average molecular weight is 159 g/mol. The van der Waals surface area contributed by atoms with Gasteiger partial charge in [-0.05, 0) is 27.9 Å². The molecule has 0 unspecified atom stereocenters. The highest BCUT2D eigenvalue weighted by atomic mass is 16.3. The van der Waals surface area contributed by atoms with Crippen molar-refractivity contribution in [3.8, 4) is 0 Å². The average Bonchev–Trinajstić information content (AvgIpc) is 1.83. The summed E-state index contributed by atoms with van der Waals surface area (Å²) >= 11 is 0. The van der Waals surface area contributed by atoms with Crippen LogP contribution in [0.5, 0.6) is 0 Å². The van der Waals surface area contributed by atoms with E-state index in [1.54, 1.807) is 7.05 Å². The van der Waals surface area contributed by atoms with Crippen molar-refractivity contribution in [3.63, 3.8) is 0 Å². The molecular formula is C7H17N3O. The van der Waals surface area contributed by atoms with Crippen LogP contribution in [-0.2, 0) is 0 Å². The normalized spacial score (nSPS) is 11.8. The fourth-order valence-corrected chi connectivity index (χ4v) is 0.987. The van der Waals surface area contributed by atoms with Gasteiger partial charge in [0.15, 0.2) is 0 Å². The Balaban J connectivity index is 4.08. The summed E-state index contributed by atoms with van der Waals surface area (Å²) in [7, 11) is 5.64. The van der Waals surface area contributed by atoms with Crippen molar-refractivity contribution >= 4 is 0 Å². The zero-order valence-electron chi connectivity index (χ0n) is 7.96. The summed E-state index contributed by atoms with van der Waals surface area (Å²) in [5.41, 5.74) is -0.189. The first kappa shape index (κ1) is 10.4. The molecule has 0 aromatic heterocycles. The van der Waals surface area contributed by atoms with Gasteiger partial charge in [-0.1, -0.05) is 0 Å². The molecule has 0 saturated carbocycles. The van der Waals surface area contributed by atoms with E-state index in [9.17, 15) is 4.91 Å². The van der Waals surface area contributed by atoms with Crippen molar-refractivity contribution in [2.45, 2.75) is 19.4 Å². The third-order valence-electron chi connectivity index (χ3n) is 1.70. The van der Waals surface area contributed by atoms with Gasteiger partial charge in [0.05, 0.1) is 10.8 Å². The smallest absolute Gasteiger partial charge is 0.0678 e. The first-order valence-electron chi connectivity index (χ1n) is 3.62. The zero-order valence-corrected chi connectivity index (χ0v) is 7.96. The topological polar surface area (TPSA) is 35.9 Å². The highest BCUT2D eigenvalue weighted by Crippen LogP contribution is 2.12. The number of hydrogen-bond donors (Lipinski definition) is 0. The van der Waals surface area contributed by atoms with Crippen molar-refractivity contribution in [1.29, 1.82) is 0 Å². The summed E-state index contributed by atoms with van der Waals surface area (Å²) in [6, 6.07) is 0. The standard InChI is InChI=1S/C7H17N3O/c1-7(2,6-9(3)4)10(5)8-11/h6H2,1-5H3.